The molecule has 0 radical (unpaired) electrons. The summed E-state index contributed by atoms with van der Waals surface area (Å²) in [6, 6.07) is 92.2. The van der Waals surface area contributed by atoms with Crippen LogP contribution in [-0.2, 0) is 51.7 Å². The number of fused-ring (bicyclic) bond motifs is 9. The fourth-order valence-electron chi connectivity index (χ4n) is 17.9. The largest absolute Gasteiger partial charge is 0.503 e. The summed E-state index contributed by atoms with van der Waals surface area (Å²) in [7, 11) is 0. The Morgan fingerprint density at radius 3 is 1.07 bits per heavy atom. The zero-order valence-corrected chi connectivity index (χ0v) is 62.3. The van der Waals surface area contributed by atoms with E-state index in [0.29, 0.717) is 47.8 Å². The number of amides is 3. The van der Waals surface area contributed by atoms with Crippen molar-refractivity contribution < 1.29 is 29.0 Å². The minimum atomic E-state index is -0.595. The molecule has 0 fully saturated rings. The number of aromatic hydroxyl groups is 1. The molecule has 3 atom stereocenters. The molecule has 3 unspecified atom stereocenters. The number of carbonyl (C=O) groups is 3. The lowest BCUT2D eigenvalue weighted by Gasteiger charge is -2.41. The fraction of sp³-hybridized carbons (Fsp3) is 0.175. The summed E-state index contributed by atoms with van der Waals surface area (Å²) in [5.41, 5.74) is 18.2. The molecule has 13 aromatic rings. The Kier molecular flexibility index (Phi) is 20.2. The van der Waals surface area contributed by atoms with Gasteiger partial charge in [0, 0.05) is 85.6 Å². The summed E-state index contributed by atoms with van der Waals surface area (Å²) in [6.45, 7) is 1.52. The number of nitrogens with zero attached hydrogens (tertiary/aromatic N) is 7. The predicted molar refractivity (Wildman–Crippen MR) is 437 cm³/mol. The van der Waals surface area contributed by atoms with Gasteiger partial charge in [-0.15, -0.1) is 0 Å². The smallest absolute Gasteiger partial charge is 0.279 e. The van der Waals surface area contributed by atoms with Gasteiger partial charge >= 0.3 is 0 Å². The molecule has 3 aliphatic carbocycles. The Bertz CT molecular complexity index is 6050. The molecule has 3 amide bonds. The molecule has 6 aliphatic rings. The van der Waals surface area contributed by atoms with Crippen molar-refractivity contribution in [3.63, 3.8) is 0 Å². The molecule has 0 saturated carbocycles. The van der Waals surface area contributed by atoms with E-state index in [9.17, 15) is 44.4 Å². The van der Waals surface area contributed by atoms with E-state index in [1.807, 2.05) is 100 Å². The average molecular weight is 1500 g/mol. The minimum absolute atomic E-state index is 0.0275. The first-order valence-electron chi connectivity index (χ1n) is 38.6. The van der Waals surface area contributed by atoms with E-state index in [4.69, 9.17) is 9.47 Å². The van der Waals surface area contributed by atoms with Crippen LogP contribution in [0, 0.1) is 22.7 Å². The zero-order valence-electron chi connectivity index (χ0n) is 62.3. The van der Waals surface area contributed by atoms with Crippen LogP contribution in [0.3, 0.4) is 0 Å². The highest BCUT2D eigenvalue weighted by Crippen LogP contribution is 2.49. The summed E-state index contributed by atoms with van der Waals surface area (Å²) in [4.78, 5) is 83.2. The normalized spacial score (nSPS) is 16.5. The summed E-state index contributed by atoms with van der Waals surface area (Å²) < 4.78 is 17.9. The zero-order chi connectivity index (χ0) is 77.9. The number of rotatable bonds is 11. The topological polar surface area (TPSA) is 222 Å². The summed E-state index contributed by atoms with van der Waals surface area (Å²) >= 11 is 0. The number of aromatic nitrogens is 3. The molecular formula is C97H78N8O9. The van der Waals surface area contributed by atoms with E-state index in [1.165, 1.54) is 85.0 Å². The Hall–Kier alpha value is -14.2. The summed E-state index contributed by atoms with van der Waals surface area (Å²) in [5, 5.41) is 32.9. The van der Waals surface area contributed by atoms with Crippen LogP contribution in [0.5, 0.6) is 17.2 Å². The number of hydrogen-bond acceptors (Lipinski definition) is 11. The van der Waals surface area contributed by atoms with Crippen molar-refractivity contribution in [1.82, 2.24) is 19.0 Å². The first-order valence-corrected chi connectivity index (χ1v) is 38.6. The van der Waals surface area contributed by atoms with Crippen LogP contribution in [0.15, 0.2) is 306 Å². The highest BCUT2D eigenvalue weighted by molar-refractivity contribution is 6.08. The van der Waals surface area contributed by atoms with Gasteiger partial charge < -0.3 is 43.4 Å². The second kappa shape index (κ2) is 31.7. The van der Waals surface area contributed by atoms with Gasteiger partial charge in [0.2, 0.25) is 16.3 Å². The second-order valence-corrected chi connectivity index (χ2v) is 29.6. The van der Waals surface area contributed by atoms with Crippen molar-refractivity contribution >= 4 is 29.1 Å². The molecule has 17 nitrogen and oxygen atoms in total. The third kappa shape index (κ3) is 13.9. The molecule has 3 aliphatic heterocycles. The van der Waals surface area contributed by atoms with Crippen LogP contribution >= 0.6 is 0 Å². The SMILES string of the molecule is N#Cc1cccc(N2CC(C3c4ccccc4CCc4ccccc43)n3ccc(=O)c(O)c3C2=O)c1.N#Cc1cccc(N2CC(C3c4ccccc4CCc4ccccc43)n3ccc(=O)c(OCc4ccccc4)c3C2=O)c1.O=C1NCC(C2c3ccccc3CCc3ccccc32)n2ccc(=O)c(OCc3ccccc3)c21. The number of anilines is 2. The molecule has 19 rings (SSSR count). The van der Waals surface area contributed by atoms with E-state index in [0.717, 1.165) is 49.7 Å². The predicted octanol–water partition coefficient (Wildman–Crippen LogP) is 15.6. The standard InChI is InChI=1S/C37H29N3O3.C30H23N3O3.C30H26N2O3/c38-22-26-11-8-14-29(21-26)40-23-32(34-30-15-6-4-12-27(30)17-18-28-13-5-7-16-31(28)34)39-20-19-33(41)36(35(39)37(40)42)43-24-25-9-2-1-3-10-25;31-17-19-6-5-9-22(16-19)33-18-25(32-15-14-26(34)29(35)28(32)30(33)36)27-23-10-3-1-7-20(23)12-13-21-8-2-4-11-24(21)27;33-26-16-17-32-25(18-31-30(34)28(32)29(26)35-19-20-8-2-1-3-9-20)27-23-12-6-4-10-21(23)14-15-22-11-5-7-13-24(22)27/h1-16,19-21,32,34H,17-18,23-24H2;1-11,14-16,25,27,35H,12-13,18H2;1-13,16-17,25,27H,14-15,18-19H2,(H,31,34). The number of carbonyl (C=O) groups excluding carboxylic acids is 3. The van der Waals surface area contributed by atoms with Crippen molar-refractivity contribution in [3.8, 4) is 29.4 Å². The molecule has 0 spiro atoms. The van der Waals surface area contributed by atoms with Crippen LogP contribution in [0.4, 0.5) is 11.4 Å². The third-order valence-electron chi connectivity index (χ3n) is 23.2. The Morgan fingerprint density at radius 1 is 0.360 bits per heavy atom. The van der Waals surface area contributed by atoms with Gasteiger partial charge in [-0.05, 0) is 153 Å². The number of pyridine rings is 3. The number of ether oxygens (including phenoxy) is 2. The van der Waals surface area contributed by atoms with Gasteiger partial charge in [0.1, 0.15) is 13.2 Å². The van der Waals surface area contributed by atoms with E-state index in [2.05, 4.69) is 139 Å². The van der Waals surface area contributed by atoms with Gasteiger partial charge in [0.15, 0.2) is 34.3 Å². The first kappa shape index (κ1) is 72.7. The molecule has 6 heterocycles. The lowest BCUT2D eigenvalue weighted by molar-refractivity contribution is 0.0899. The molecule has 114 heavy (non-hydrogen) atoms. The monoisotopic (exact) mass is 1500 g/mol. The Balaban J connectivity index is 0.000000124. The van der Waals surface area contributed by atoms with E-state index in [1.54, 1.807) is 75.4 Å². The van der Waals surface area contributed by atoms with Gasteiger partial charge in [-0.25, -0.2) is 0 Å². The molecule has 3 aromatic heterocycles. The van der Waals surface area contributed by atoms with Gasteiger partial charge in [-0.2, -0.15) is 10.5 Å². The molecule has 0 saturated heterocycles. The van der Waals surface area contributed by atoms with Crippen LogP contribution in [-0.4, -0.2) is 56.2 Å². The highest BCUT2D eigenvalue weighted by atomic mass is 16.5. The quantitative estimate of drug-likeness (QED) is 0.124. The molecular weight excluding hydrogens is 1420 g/mol. The fourth-order valence-corrected chi connectivity index (χ4v) is 17.9. The molecule has 10 aromatic carbocycles. The van der Waals surface area contributed by atoms with Gasteiger partial charge in [-0.1, -0.05) is 218 Å². The number of nitriles is 2. The number of nitrogens with one attached hydrogen (secondary N) is 1. The van der Waals surface area contributed by atoms with Crippen molar-refractivity contribution in [1.29, 1.82) is 10.5 Å². The maximum Gasteiger partial charge on any atom is 0.279 e. The second-order valence-electron chi connectivity index (χ2n) is 29.6. The summed E-state index contributed by atoms with van der Waals surface area (Å²) in [5.74, 6) is -1.65. The maximum absolute atomic E-state index is 14.4. The van der Waals surface area contributed by atoms with Crippen molar-refractivity contribution in [2.75, 3.05) is 29.4 Å². The highest BCUT2D eigenvalue weighted by Gasteiger charge is 2.44. The number of hydrogen-bond donors (Lipinski definition) is 2. The molecule has 560 valence electrons. The van der Waals surface area contributed by atoms with Crippen LogP contribution < -0.4 is 40.9 Å². The molecule has 17 heteroatoms. The Labute approximate surface area is 658 Å². The third-order valence-corrected chi connectivity index (χ3v) is 23.2. The maximum atomic E-state index is 14.4. The molecule has 2 N–H and O–H groups in total. The number of aryl methyl sites for hydroxylation is 6. The summed E-state index contributed by atoms with van der Waals surface area (Å²) in [6.07, 6.45) is 10.7. The van der Waals surface area contributed by atoms with Gasteiger partial charge in [-0.3, -0.25) is 28.8 Å². The number of benzene rings is 10. The Morgan fingerprint density at radius 2 is 0.684 bits per heavy atom. The van der Waals surface area contributed by atoms with Crippen molar-refractivity contribution in [3.05, 3.63) is 428 Å². The van der Waals surface area contributed by atoms with Crippen molar-refractivity contribution in [2.24, 2.45) is 0 Å². The van der Waals surface area contributed by atoms with Crippen molar-refractivity contribution in [2.45, 2.75) is 87.6 Å². The lowest BCUT2D eigenvalue weighted by atomic mass is 9.81. The van der Waals surface area contributed by atoms with Gasteiger partial charge in [0.25, 0.3) is 17.7 Å². The molecule has 0 bridgehead atoms. The minimum Gasteiger partial charge on any atom is -0.503 e. The van der Waals surface area contributed by atoms with Gasteiger partial charge in [0.05, 0.1) is 41.4 Å². The first-order chi connectivity index (χ1) is 55.9. The van der Waals surface area contributed by atoms with E-state index in [-0.39, 0.29) is 94.7 Å². The van der Waals surface area contributed by atoms with E-state index < -0.39 is 17.1 Å². The van der Waals surface area contributed by atoms with Crippen LogP contribution in [0.25, 0.3) is 0 Å². The lowest BCUT2D eigenvalue weighted by Crippen LogP contribution is -2.46. The average Bonchev–Trinajstić information content (AvgIpc) is 0.796. The van der Waals surface area contributed by atoms with Crippen LogP contribution in [0.1, 0.15) is 156 Å². The van der Waals surface area contributed by atoms with Crippen LogP contribution in [0.2, 0.25) is 0 Å². The van der Waals surface area contributed by atoms with E-state index >= 15 is 0 Å².